The second kappa shape index (κ2) is 28.6. The average Bonchev–Trinajstić information content (AvgIpc) is 3.18. The number of carbonyl (C=O) groups is 2. The van der Waals surface area contributed by atoms with Crippen molar-refractivity contribution in [2.45, 2.75) is 94.4 Å². The number of carbonyl (C=O) groups excluding carboxylic acids is 2. The second-order valence-corrected chi connectivity index (χ2v) is 14.8. The fourth-order valence-electron chi connectivity index (χ4n) is 4.61. The van der Waals surface area contributed by atoms with Crippen LogP contribution >= 0.6 is 0 Å². The summed E-state index contributed by atoms with van der Waals surface area (Å²) in [5.41, 5.74) is 5.47. The number of allylic oxidation sites excluding steroid dienone is 5. The molecule has 0 radical (unpaired) electrons. The van der Waals surface area contributed by atoms with E-state index in [0.29, 0.717) is 36.3 Å². The van der Waals surface area contributed by atoms with Gasteiger partial charge in [0.15, 0.2) is 0 Å². The molecule has 0 heterocycles. The second-order valence-electron chi connectivity index (χ2n) is 14.8. The van der Waals surface area contributed by atoms with Gasteiger partial charge in [0.2, 0.25) is 0 Å². The fourth-order valence-corrected chi connectivity index (χ4v) is 4.61. The maximum atomic E-state index is 10.3. The molecule has 2 unspecified atom stereocenters. The summed E-state index contributed by atoms with van der Waals surface area (Å²) in [5, 5.41) is 18.6. The maximum Gasteiger partial charge on any atom is 0.298 e. The lowest BCUT2D eigenvalue weighted by atomic mass is 9.78. The third kappa shape index (κ3) is 21.8. The molecule has 4 aromatic carbocycles. The third-order valence-electron chi connectivity index (χ3n) is 8.55. The quantitative estimate of drug-likeness (QED) is 0.0895. The highest BCUT2D eigenvalue weighted by Crippen LogP contribution is 2.33. The minimum absolute atomic E-state index is 0.187. The van der Waals surface area contributed by atoms with Crippen LogP contribution in [0.1, 0.15) is 111 Å². The fraction of sp³-hybridized carbons (Fsp3) is 0.333. The van der Waals surface area contributed by atoms with E-state index in [1.54, 1.807) is 48.5 Å². The molecule has 2 N–H and O–H groups in total. The minimum Gasteiger partial charge on any atom is -0.508 e. The average molecular weight is 775 g/mol. The number of aromatic hydroxyl groups is 2. The van der Waals surface area contributed by atoms with Crippen LogP contribution in [0.3, 0.4) is 0 Å². The van der Waals surface area contributed by atoms with Gasteiger partial charge in [0.05, 0.1) is 0 Å². The predicted octanol–water partition coefficient (Wildman–Crippen LogP) is 13.0. The number of ether oxygens (including phenoxy) is 2. The first-order chi connectivity index (χ1) is 27.0. The Bertz CT molecular complexity index is 1820. The Morgan fingerprint density at radius 1 is 0.684 bits per heavy atom. The van der Waals surface area contributed by atoms with E-state index in [2.05, 4.69) is 80.7 Å². The van der Waals surface area contributed by atoms with Crippen LogP contribution in [-0.2, 0) is 15.0 Å². The number of hydrogen-bond acceptors (Lipinski definition) is 6. The normalized spacial score (nSPS) is 11.6. The van der Waals surface area contributed by atoms with Crippen molar-refractivity contribution in [2.24, 2.45) is 17.8 Å². The van der Waals surface area contributed by atoms with E-state index >= 15 is 0 Å². The molecule has 0 saturated carbocycles. The smallest absolute Gasteiger partial charge is 0.298 e. The van der Waals surface area contributed by atoms with Crippen molar-refractivity contribution in [2.75, 3.05) is 0 Å². The molecule has 0 saturated heterocycles. The molecule has 0 aliphatic heterocycles. The molecule has 0 fully saturated rings. The van der Waals surface area contributed by atoms with Crippen LogP contribution < -0.4 is 9.47 Å². The zero-order valence-corrected chi connectivity index (χ0v) is 36.2. The van der Waals surface area contributed by atoms with E-state index in [1.165, 1.54) is 5.57 Å². The highest BCUT2D eigenvalue weighted by Gasteiger charge is 2.23. The largest absolute Gasteiger partial charge is 0.508 e. The van der Waals surface area contributed by atoms with Crippen LogP contribution in [0, 0.1) is 29.6 Å². The Morgan fingerprint density at radius 2 is 1.05 bits per heavy atom. The summed E-state index contributed by atoms with van der Waals surface area (Å²) in [5.74, 6) is 9.88. The monoisotopic (exact) mass is 774 g/mol. The van der Waals surface area contributed by atoms with Crippen LogP contribution in [0.5, 0.6) is 23.0 Å². The first-order valence-corrected chi connectivity index (χ1v) is 19.3. The molecule has 0 aromatic heterocycles. The molecule has 4 rings (SSSR count). The van der Waals surface area contributed by atoms with Crippen molar-refractivity contribution in [3.8, 4) is 34.8 Å². The van der Waals surface area contributed by atoms with Crippen molar-refractivity contribution in [3.63, 3.8) is 0 Å². The van der Waals surface area contributed by atoms with E-state index in [0.717, 1.165) is 28.2 Å². The highest BCUT2D eigenvalue weighted by molar-refractivity contribution is 5.48. The van der Waals surface area contributed by atoms with Gasteiger partial charge in [-0.25, -0.2) is 0 Å². The van der Waals surface area contributed by atoms with Gasteiger partial charge in [-0.1, -0.05) is 147 Å². The summed E-state index contributed by atoms with van der Waals surface area (Å²) in [6.07, 6.45) is 7.84. The molecule has 2 atom stereocenters. The van der Waals surface area contributed by atoms with Crippen LogP contribution in [0.2, 0.25) is 0 Å². The molecule has 0 aliphatic carbocycles. The van der Waals surface area contributed by atoms with Gasteiger partial charge < -0.3 is 19.7 Å². The molecule has 6 nitrogen and oxygen atoms in total. The highest BCUT2D eigenvalue weighted by atomic mass is 16.5. The molecule has 0 aliphatic rings. The molecule has 0 bridgehead atoms. The standard InChI is InChI=1S/C16H16O3.C15H14O3.C8H14.C8H12.C4H10/c1-16(2,12-3-7-14(18)8-4-12)13-5-9-15(10-6-13)19-11-17;1-11(12-2-6-14(17)7-3-12)13-4-8-15(9-5-13)18-10-16;1-5-6-8(4)7(2)3;1-4-6-7-8(3)5-2;1-4(2)3/h3-11,18H,1-2H3;2-11,17H,1H3;7-8H,1-4H3;4-7H,2H2,1,3H3;4H,1-3H3/b;;;6-4-,8-7-;. The van der Waals surface area contributed by atoms with Gasteiger partial charge in [-0.15, -0.1) is 11.8 Å². The van der Waals surface area contributed by atoms with E-state index < -0.39 is 0 Å². The number of phenolic OH excluding ortho intramolecular Hbond substituents is 2. The molecule has 6 heteroatoms. The van der Waals surface area contributed by atoms with Crippen molar-refractivity contribution < 1.29 is 29.3 Å². The zero-order valence-electron chi connectivity index (χ0n) is 36.2. The van der Waals surface area contributed by atoms with E-state index in [-0.39, 0.29) is 22.8 Å². The first-order valence-electron chi connectivity index (χ1n) is 19.3. The molecule has 57 heavy (non-hydrogen) atoms. The lowest BCUT2D eigenvalue weighted by Gasteiger charge is -2.26. The number of benzene rings is 4. The zero-order chi connectivity index (χ0) is 43.4. The van der Waals surface area contributed by atoms with Crippen molar-refractivity contribution in [3.05, 3.63) is 156 Å². The lowest BCUT2D eigenvalue weighted by molar-refractivity contribution is -0.121. The number of phenols is 2. The van der Waals surface area contributed by atoms with E-state index in [1.807, 2.05) is 93.6 Å². The Labute approximate surface area is 344 Å². The number of rotatable bonds is 11. The van der Waals surface area contributed by atoms with Crippen LogP contribution in [-0.4, -0.2) is 23.2 Å². The molecule has 306 valence electrons. The summed E-state index contributed by atoms with van der Waals surface area (Å²) in [4.78, 5) is 20.5. The minimum atomic E-state index is -0.187. The topological polar surface area (TPSA) is 93.1 Å². The van der Waals surface area contributed by atoms with Gasteiger partial charge in [0.1, 0.15) is 23.0 Å². The van der Waals surface area contributed by atoms with E-state index in [4.69, 9.17) is 9.47 Å². The summed E-state index contributed by atoms with van der Waals surface area (Å²) in [6, 6.07) is 29.1. The van der Waals surface area contributed by atoms with Crippen LogP contribution in [0.15, 0.2) is 134 Å². The van der Waals surface area contributed by atoms with E-state index in [9.17, 15) is 19.8 Å². The predicted molar refractivity (Wildman–Crippen MR) is 239 cm³/mol. The Hall–Kier alpha value is -5.80. The molecule has 4 aromatic rings. The number of hydrogen-bond donors (Lipinski definition) is 2. The Kier molecular flexibility index (Phi) is 25.7. The molecule has 0 amide bonds. The van der Waals surface area contributed by atoms with Gasteiger partial charge in [-0.05, 0) is 103 Å². The van der Waals surface area contributed by atoms with Crippen LogP contribution in [0.4, 0.5) is 0 Å². The third-order valence-corrected chi connectivity index (χ3v) is 8.55. The Balaban J connectivity index is 0.000000759. The summed E-state index contributed by atoms with van der Waals surface area (Å²) in [6.45, 7) is 29.7. The van der Waals surface area contributed by atoms with Crippen molar-refractivity contribution >= 4 is 12.9 Å². The molecular weight excluding hydrogens is 709 g/mol. The molecule has 0 spiro atoms. The maximum absolute atomic E-state index is 10.3. The van der Waals surface area contributed by atoms with Gasteiger partial charge in [-0.2, -0.15) is 0 Å². The lowest BCUT2D eigenvalue weighted by Crippen LogP contribution is -2.18. The summed E-state index contributed by atoms with van der Waals surface area (Å²) in [7, 11) is 0. The van der Waals surface area contributed by atoms with Crippen LogP contribution in [0.25, 0.3) is 0 Å². The Morgan fingerprint density at radius 3 is 1.39 bits per heavy atom. The van der Waals surface area contributed by atoms with Gasteiger partial charge in [0, 0.05) is 17.3 Å². The van der Waals surface area contributed by atoms with Gasteiger partial charge in [-0.3, -0.25) is 9.59 Å². The first kappa shape index (κ1) is 51.2. The van der Waals surface area contributed by atoms with Crippen molar-refractivity contribution in [1.82, 2.24) is 0 Å². The van der Waals surface area contributed by atoms with Gasteiger partial charge in [0.25, 0.3) is 12.9 Å². The SMILES string of the molecule is C=C/C(C)=C\C=C/C.CC#CC(C)C(C)C.CC(C)(c1ccc(O)cc1)c1ccc(OC=O)cc1.CC(C)C.CC(c1ccc(O)cc1)c1ccc(OC=O)cc1. The summed E-state index contributed by atoms with van der Waals surface area (Å²) >= 11 is 0. The van der Waals surface area contributed by atoms with Crippen molar-refractivity contribution in [1.29, 1.82) is 0 Å². The summed E-state index contributed by atoms with van der Waals surface area (Å²) < 4.78 is 9.53. The molecular formula is C51H66O6. The van der Waals surface area contributed by atoms with Gasteiger partial charge >= 0.3 is 0 Å².